The molecule has 0 radical (unpaired) electrons. The smallest absolute Gasteiger partial charge is 0.140 e. The van der Waals surface area contributed by atoms with E-state index in [1.165, 1.54) is 180 Å². The van der Waals surface area contributed by atoms with E-state index in [2.05, 4.69) is 530 Å². The number of benzene rings is 20. The Bertz CT molecular complexity index is 9540. The van der Waals surface area contributed by atoms with Crippen LogP contribution in [0, 0.1) is 18.3 Å². The molecular weight excluding hydrogens is 1810 g/mol. The molecule has 11 aromatic heterocycles. The minimum absolute atomic E-state index is 0. The summed E-state index contributed by atoms with van der Waals surface area (Å²) in [5.74, 6) is 3.55. The van der Waals surface area contributed by atoms with Gasteiger partial charge in [-0.25, -0.2) is 9.97 Å². The molecular formula is C134H95N12P. The highest BCUT2D eigenvalue weighted by Crippen LogP contribution is 2.45. The van der Waals surface area contributed by atoms with Gasteiger partial charge in [0, 0.05) is 110 Å². The number of fused-ring (bicyclic) bond motifs is 27. The van der Waals surface area contributed by atoms with Crippen molar-refractivity contribution in [3.05, 3.63) is 515 Å². The van der Waals surface area contributed by atoms with E-state index in [1.807, 2.05) is 36.4 Å². The molecule has 11 heterocycles. The number of pyridine rings is 2. The number of hydrogen-bond donors (Lipinski definition) is 0. The minimum Gasteiger partial charge on any atom is -0.309 e. The van der Waals surface area contributed by atoms with Crippen molar-refractivity contribution in [1.82, 2.24) is 51.1 Å². The molecule has 0 fully saturated rings. The van der Waals surface area contributed by atoms with Crippen LogP contribution in [0.15, 0.2) is 504 Å². The molecule has 1 atom stereocenters. The molecule has 0 amide bonds. The van der Waals surface area contributed by atoms with Crippen LogP contribution in [-0.2, 0) is 0 Å². The molecule has 0 saturated heterocycles. The van der Waals surface area contributed by atoms with Crippen molar-refractivity contribution in [3.63, 3.8) is 0 Å². The van der Waals surface area contributed by atoms with Crippen LogP contribution in [-0.4, -0.2) is 57.7 Å². The van der Waals surface area contributed by atoms with Crippen molar-refractivity contribution < 1.29 is 1.37 Å². The number of aryl methyl sites for hydroxylation is 1. The second-order valence-corrected chi connectivity index (χ2v) is 37.1. The summed E-state index contributed by atoms with van der Waals surface area (Å²) in [6.07, 6.45) is 0. The molecule has 1 unspecified atom stereocenters. The van der Waals surface area contributed by atoms with Gasteiger partial charge in [0.05, 0.1) is 128 Å². The number of nitriles is 1. The fourth-order valence-electron chi connectivity index (χ4n) is 23.0. The molecule has 0 bridgehead atoms. The number of para-hydroxylation sites is 16. The van der Waals surface area contributed by atoms with Gasteiger partial charge in [0.15, 0.2) is 0 Å². The van der Waals surface area contributed by atoms with Crippen molar-refractivity contribution >= 4 is 205 Å². The second kappa shape index (κ2) is 36.4. The molecule has 13 heteroatoms. The predicted octanol–water partition coefficient (Wildman–Crippen LogP) is 34.7. The molecule has 0 saturated carbocycles. The van der Waals surface area contributed by atoms with Crippen LogP contribution in [0.2, 0.25) is 0 Å². The van der Waals surface area contributed by atoms with Gasteiger partial charge in [-0.1, -0.05) is 335 Å². The SMILES string of the molecule is C.Cc1ccc2c(c1)c1ccccc1n2-c1cccc(-n2c3ccccc3c3cc(C#N)ccc32)n1.[3H]CP.c1cc(-n2c3ccccc3c3ccccc32)cc(-n2c3ccccc3c3ccccc32)c1.c1cc(-n2c3ccccc3c3ccccc32)nc(-n2c3ccccc3c3ccccc32)c1.c1ccc2c(c1)c1ccccc1n2-c1cc(-n2c3ccccc3c3ccccc32)cc(-n2c3ccccc3c3ccccc32)c1. The summed E-state index contributed by atoms with van der Waals surface area (Å²) in [4.78, 5) is 10.4. The maximum absolute atomic E-state index is 9.45. The van der Waals surface area contributed by atoms with Gasteiger partial charge in [0.2, 0.25) is 0 Å². The van der Waals surface area contributed by atoms with Crippen LogP contribution >= 0.6 is 9.24 Å². The van der Waals surface area contributed by atoms with Gasteiger partial charge in [-0.3, -0.25) is 18.3 Å². The van der Waals surface area contributed by atoms with Crippen molar-refractivity contribution in [2.24, 2.45) is 0 Å². The lowest BCUT2D eigenvalue weighted by Crippen LogP contribution is -2.03. The Labute approximate surface area is 850 Å². The Hall–Kier alpha value is -19.2. The van der Waals surface area contributed by atoms with Gasteiger partial charge in [-0.05, 0) is 195 Å². The van der Waals surface area contributed by atoms with E-state index in [-0.39, 0.29) is 7.43 Å². The molecule has 147 heavy (non-hydrogen) atoms. The number of nitrogens with zero attached hydrogens (tertiary/aromatic N) is 12. The zero-order valence-corrected chi connectivity index (χ0v) is 80.7. The molecule has 12 nitrogen and oxygen atoms in total. The van der Waals surface area contributed by atoms with Gasteiger partial charge in [-0.15, -0.1) is 9.24 Å². The van der Waals surface area contributed by atoms with Crippen LogP contribution in [0.25, 0.3) is 248 Å². The molecule has 0 aliphatic carbocycles. The lowest BCUT2D eigenvalue weighted by atomic mass is 10.1. The largest absolute Gasteiger partial charge is 0.309 e. The van der Waals surface area contributed by atoms with E-state index in [1.54, 1.807) is 0 Å². The molecule has 696 valence electrons. The average Bonchev–Trinajstić information content (AvgIpc) is 1.56. The molecule has 0 N–H and O–H groups in total. The molecule has 31 rings (SSSR count). The fourth-order valence-corrected chi connectivity index (χ4v) is 23.0. The third-order valence-corrected chi connectivity index (χ3v) is 29.1. The van der Waals surface area contributed by atoms with E-state index in [0.29, 0.717) is 12.2 Å². The van der Waals surface area contributed by atoms with Gasteiger partial charge in [0.1, 0.15) is 23.3 Å². The highest BCUT2D eigenvalue weighted by Gasteiger charge is 2.25. The predicted molar refractivity (Wildman–Crippen MR) is 622 cm³/mol. The van der Waals surface area contributed by atoms with Gasteiger partial charge in [0.25, 0.3) is 0 Å². The first kappa shape index (κ1) is 86.9. The van der Waals surface area contributed by atoms with E-state index < -0.39 is 0 Å². The second-order valence-electron chi connectivity index (χ2n) is 37.1. The van der Waals surface area contributed by atoms with E-state index in [9.17, 15) is 5.26 Å². The quantitative estimate of drug-likeness (QED) is 0.135. The average molecular weight is 1910 g/mol. The van der Waals surface area contributed by atoms with E-state index in [4.69, 9.17) is 11.3 Å². The summed E-state index contributed by atoms with van der Waals surface area (Å²) in [6, 6.07) is 181. The highest BCUT2D eigenvalue weighted by atomic mass is 31.0. The third-order valence-electron chi connectivity index (χ3n) is 29.1. The Balaban J connectivity index is 0.0000000997. The zero-order valence-electron chi connectivity index (χ0n) is 80.6. The molecule has 31 aromatic rings. The Morgan fingerprint density at radius 2 is 0.347 bits per heavy atom. The van der Waals surface area contributed by atoms with Crippen LogP contribution in [0.5, 0.6) is 0 Å². The Morgan fingerprint density at radius 1 is 0.184 bits per heavy atom. The van der Waals surface area contributed by atoms with Crippen LogP contribution < -0.4 is 0 Å². The molecule has 20 aromatic carbocycles. The third kappa shape index (κ3) is 14.4. The lowest BCUT2D eigenvalue weighted by molar-refractivity contribution is 1.01. The summed E-state index contributed by atoms with van der Waals surface area (Å²) in [5.41, 5.74) is 28.8. The van der Waals surface area contributed by atoms with Crippen molar-refractivity contribution in [2.45, 2.75) is 14.4 Å². The molecule has 0 spiro atoms. The number of rotatable bonds is 9. The minimum atomic E-state index is 0. The van der Waals surface area contributed by atoms with E-state index >= 15 is 0 Å². The van der Waals surface area contributed by atoms with Gasteiger partial charge >= 0.3 is 0 Å². The standard InChI is InChI=1S/C42H27N3.C31H20N4.C30H20N2.C29H19N3.CH5P.CH4/c1-7-19-37-31(13-1)32-14-2-8-20-38(32)43(37)28-25-29(44-39-21-9-3-15-33(39)34-16-4-10-22-40(34)44)27-30(26-28)45-41-23-11-5-17-35(41)36-18-6-12-24-42(36)45;1-20-13-15-28-24(17-20)22-7-2-4-9-26(22)34(28)30-11-6-12-31(33-30)35-27-10-5-3-8-23(27)25-18-21(19-32)14-16-29(25)35;1-5-16-27-23(12-1)24-13-2-6-17-28(24)31(27)21-10-9-11-22(20-21)32-29-18-7-3-14-25(29)26-15-4-8-19-30(26)32;1-5-14-24-20(10-1)21-11-2-6-15-25(21)31(24)28-18-9-19-29(30-28)32-26-16-7-3-12-22(26)23-13-4-8-17-27(23)32;1-2;/h1-27H;2-18H,1H3;1-20H;1-19H;2H2,1H3;1H4/i;;;;1T;. The maximum Gasteiger partial charge on any atom is 0.140 e. The summed E-state index contributed by atoms with van der Waals surface area (Å²) >= 11 is 0. The highest BCUT2D eigenvalue weighted by molar-refractivity contribution is 7.15. The van der Waals surface area contributed by atoms with Gasteiger partial charge in [-0.2, -0.15) is 5.26 Å². The van der Waals surface area contributed by atoms with Crippen molar-refractivity contribution in [1.29, 1.82) is 5.26 Å². The monoisotopic (exact) mass is 1900 g/mol. The number of aromatic nitrogens is 11. The van der Waals surface area contributed by atoms with E-state index in [0.717, 1.165) is 73.2 Å². The normalized spacial score (nSPS) is 11.7. The summed E-state index contributed by atoms with van der Waals surface area (Å²) < 4.78 is 27.2. The van der Waals surface area contributed by atoms with Crippen LogP contribution in [0.4, 0.5) is 0 Å². The van der Waals surface area contributed by atoms with Crippen LogP contribution in [0.3, 0.4) is 0 Å². The first-order chi connectivity index (χ1) is 72.8. The topological polar surface area (TPSA) is 93.9 Å². The van der Waals surface area contributed by atoms with Crippen LogP contribution in [0.1, 0.15) is 19.9 Å². The lowest BCUT2D eigenvalue weighted by Gasteiger charge is -2.17. The zero-order chi connectivity index (χ0) is 97.8. The Kier molecular flexibility index (Phi) is 21.5. The Morgan fingerprint density at radius 3 is 0.565 bits per heavy atom. The van der Waals surface area contributed by atoms with Crippen molar-refractivity contribution in [2.75, 3.05) is 6.64 Å². The summed E-state index contributed by atoms with van der Waals surface area (Å²) in [7, 11) is 2.25. The number of hydrogen-bond acceptors (Lipinski definition) is 3. The first-order valence-corrected chi connectivity index (χ1v) is 50.1. The summed E-state index contributed by atoms with van der Waals surface area (Å²) in [6.45, 7) is 2.55. The summed E-state index contributed by atoms with van der Waals surface area (Å²) in [5, 5.41) is 31.7. The van der Waals surface area contributed by atoms with Crippen molar-refractivity contribution in [3.8, 4) is 57.8 Å². The first-order valence-electron chi connectivity index (χ1n) is 50.0. The van der Waals surface area contributed by atoms with Gasteiger partial charge < -0.3 is 22.8 Å². The molecule has 0 aliphatic rings. The maximum atomic E-state index is 9.45. The molecule has 0 aliphatic heterocycles. The fraction of sp³-hybridized carbons (Fsp3) is 0.0224.